The SMILES string of the molecule is CSCCCCNC(=O)NCC1(C)CCCCC1O. The highest BCUT2D eigenvalue weighted by Gasteiger charge is 2.35. The van der Waals surface area contributed by atoms with Crippen LogP contribution in [-0.4, -0.2) is 42.3 Å². The Morgan fingerprint density at radius 1 is 1.37 bits per heavy atom. The summed E-state index contributed by atoms with van der Waals surface area (Å²) in [6.45, 7) is 3.35. The molecule has 2 atom stereocenters. The van der Waals surface area contributed by atoms with E-state index in [1.807, 2.05) is 11.8 Å². The number of rotatable bonds is 7. The largest absolute Gasteiger partial charge is 0.392 e. The van der Waals surface area contributed by atoms with Gasteiger partial charge in [0.2, 0.25) is 0 Å². The molecule has 2 amide bonds. The number of aliphatic hydroxyl groups is 1. The molecule has 1 saturated carbocycles. The van der Waals surface area contributed by atoms with Crippen molar-refractivity contribution >= 4 is 17.8 Å². The highest BCUT2D eigenvalue weighted by atomic mass is 32.2. The number of unbranched alkanes of at least 4 members (excludes halogenated alkanes) is 1. The van der Waals surface area contributed by atoms with E-state index in [1.54, 1.807) is 0 Å². The van der Waals surface area contributed by atoms with Gasteiger partial charge in [0, 0.05) is 18.5 Å². The molecule has 0 bridgehead atoms. The van der Waals surface area contributed by atoms with Gasteiger partial charge in [0.15, 0.2) is 0 Å². The van der Waals surface area contributed by atoms with Crippen LogP contribution in [0.1, 0.15) is 45.4 Å². The second-order valence-electron chi connectivity index (χ2n) is 5.72. The zero-order valence-electron chi connectivity index (χ0n) is 12.2. The standard InChI is InChI=1S/C14H28N2O2S/c1-14(8-4-3-7-12(14)17)11-16-13(18)15-9-5-6-10-19-2/h12,17H,3-11H2,1-2H3,(H2,15,16,18). The zero-order chi connectivity index (χ0) is 14.1. The summed E-state index contributed by atoms with van der Waals surface area (Å²) in [6.07, 6.45) is 8.05. The van der Waals surface area contributed by atoms with E-state index in [4.69, 9.17) is 0 Å². The Hall–Kier alpha value is -0.420. The van der Waals surface area contributed by atoms with E-state index in [1.165, 1.54) is 0 Å². The quantitative estimate of drug-likeness (QED) is 0.630. The van der Waals surface area contributed by atoms with Crippen molar-refractivity contribution in [1.82, 2.24) is 10.6 Å². The molecule has 19 heavy (non-hydrogen) atoms. The number of aliphatic hydroxyl groups excluding tert-OH is 1. The molecule has 0 aromatic heterocycles. The molecule has 0 spiro atoms. The Balaban J connectivity index is 2.15. The van der Waals surface area contributed by atoms with E-state index in [0.29, 0.717) is 6.54 Å². The van der Waals surface area contributed by atoms with Crippen LogP contribution in [0, 0.1) is 5.41 Å². The van der Waals surface area contributed by atoms with Crippen molar-refractivity contribution in [3.05, 3.63) is 0 Å². The fourth-order valence-electron chi connectivity index (χ4n) is 2.51. The maximum absolute atomic E-state index is 11.7. The molecular formula is C14H28N2O2S. The molecule has 0 aromatic carbocycles. The smallest absolute Gasteiger partial charge is 0.314 e. The third-order valence-corrected chi connectivity index (χ3v) is 4.69. The number of carbonyl (C=O) groups excluding carboxylic acids is 1. The third kappa shape index (κ3) is 6.04. The van der Waals surface area contributed by atoms with Crippen LogP contribution >= 0.6 is 11.8 Å². The first-order chi connectivity index (χ1) is 9.08. The molecule has 0 saturated heterocycles. The lowest BCUT2D eigenvalue weighted by atomic mass is 9.73. The number of amides is 2. The van der Waals surface area contributed by atoms with Gasteiger partial charge in [0.1, 0.15) is 0 Å². The number of thioether (sulfide) groups is 1. The molecule has 0 aromatic rings. The Kier molecular flexibility index (Phi) is 7.61. The summed E-state index contributed by atoms with van der Waals surface area (Å²) >= 11 is 1.83. The third-order valence-electron chi connectivity index (χ3n) is 3.99. The fraction of sp³-hybridized carbons (Fsp3) is 0.929. The Bertz CT molecular complexity index is 276. The molecule has 0 heterocycles. The van der Waals surface area contributed by atoms with E-state index in [0.717, 1.165) is 50.8 Å². The number of hydrogen-bond donors (Lipinski definition) is 3. The van der Waals surface area contributed by atoms with Gasteiger partial charge >= 0.3 is 6.03 Å². The molecule has 112 valence electrons. The van der Waals surface area contributed by atoms with Gasteiger partial charge in [0.05, 0.1) is 6.10 Å². The normalized spacial score (nSPS) is 27.0. The van der Waals surface area contributed by atoms with Gasteiger partial charge < -0.3 is 15.7 Å². The van der Waals surface area contributed by atoms with Gasteiger partial charge in [-0.2, -0.15) is 11.8 Å². The van der Waals surface area contributed by atoms with Crippen LogP contribution in [0.25, 0.3) is 0 Å². The average Bonchev–Trinajstić information content (AvgIpc) is 2.40. The maximum Gasteiger partial charge on any atom is 0.314 e. The van der Waals surface area contributed by atoms with E-state index in [9.17, 15) is 9.90 Å². The van der Waals surface area contributed by atoms with E-state index < -0.39 is 0 Å². The molecule has 1 rings (SSSR count). The second kappa shape index (κ2) is 8.69. The van der Waals surface area contributed by atoms with Crippen LogP contribution in [0.15, 0.2) is 0 Å². The van der Waals surface area contributed by atoms with Gasteiger partial charge in [-0.25, -0.2) is 4.79 Å². The molecule has 4 nitrogen and oxygen atoms in total. The Morgan fingerprint density at radius 2 is 2.16 bits per heavy atom. The molecule has 5 heteroatoms. The summed E-state index contributed by atoms with van der Waals surface area (Å²) in [6, 6.07) is -0.108. The van der Waals surface area contributed by atoms with Crippen molar-refractivity contribution in [1.29, 1.82) is 0 Å². The van der Waals surface area contributed by atoms with Crippen molar-refractivity contribution in [2.75, 3.05) is 25.1 Å². The minimum atomic E-state index is -0.289. The van der Waals surface area contributed by atoms with E-state index >= 15 is 0 Å². The molecule has 1 aliphatic carbocycles. The summed E-state index contributed by atoms with van der Waals surface area (Å²) in [5.41, 5.74) is -0.158. The summed E-state index contributed by atoms with van der Waals surface area (Å²) in [4.78, 5) is 11.7. The predicted octanol–water partition coefficient (Wildman–Crippen LogP) is 2.37. The second-order valence-corrected chi connectivity index (χ2v) is 6.71. The van der Waals surface area contributed by atoms with Gasteiger partial charge in [-0.05, 0) is 37.7 Å². The van der Waals surface area contributed by atoms with Crippen LogP contribution in [0.4, 0.5) is 4.79 Å². The summed E-state index contributed by atoms with van der Waals surface area (Å²) in [7, 11) is 0. The van der Waals surface area contributed by atoms with Crippen molar-refractivity contribution in [2.45, 2.75) is 51.6 Å². The number of urea groups is 1. The monoisotopic (exact) mass is 288 g/mol. The van der Waals surface area contributed by atoms with Crippen LogP contribution in [0.3, 0.4) is 0 Å². The number of nitrogens with one attached hydrogen (secondary N) is 2. The summed E-state index contributed by atoms with van der Waals surface area (Å²) in [5, 5.41) is 15.8. The van der Waals surface area contributed by atoms with E-state index in [-0.39, 0.29) is 17.6 Å². The molecule has 0 aliphatic heterocycles. The van der Waals surface area contributed by atoms with Crippen molar-refractivity contribution in [3.8, 4) is 0 Å². The zero-order valence-corrected chi connectivity index (χ0v) is 13.0. The minimum absolute atomic E-state index is 0.108. The van der Waals surface area contributed by atoms with Gasteiger partial charge in [-0.3, -0.25) is 0 Å². The van der Waals surface area contributed by atoms with Crippen molar-refractivity contribution < 1.29 is 9.90 Å². The number of carbonyl (C=O) groups is 1. The summed E-state index contributed by atoms with van der Waals surface area (Å²) in [5.74, 6) is 1.15. The van der Waals surface area contributed by atoms with Gasteiger partial charge in [-0.1, -0.05) is 19.8 Å². The van der Waals surface area contributed by atoms with Gasteiger partial charge in [0.25, 0.3) is 0 Å². The lowest BCUT2D eigenvalue weighted by Gasteiger charge is -2.38. The lowest BCUT2D eigenvalue weighted by molar-refractivity contribution is 0.00309. The Morgan fingerprint density at radius 3 is 2.84 bits per heavy atom. The first-order valence-corrected chi connectivity index (χ1v) is 8.66. The molecule has 2 unspecified atom stereocenters. The lowest BCUT2D eigenvalue weighted by Crippen LogP contribution is -2.47. The van der Waals surface area contributed by atoms with Crippen molar-refractivity contribution in [3.63, 3.8) is 0 Å². The van der Waals surface area contributed by atoms with Crippen LogP contribution < -0.4 is 10.6 Å². The topological polar surface area (TPSA) is 61.4 Å². The van der Waals surface area contributed by atoms with Gasteiger partial charge in [-0.15, -0.1) is 0 Å². The first-order valence-electron chi connectivity index (χ1n) is 7.27. The van der Waals surface area contributed by atoms with Crippen LogP contribution in [0.2, 0.25) is 0 Å². The Labute approximate surface area is 121 Å². The molecule has 1 aliphatic rings. The summed E-state index contributed by atoms with van der Waals surface area (Å²) < 4.78 is 0. The highest BCUT2D eigenvalue weighted by Crippen LogP contribution is 2.35. The molecule has 3 N–H and O–H groups in total. The molecular weight excluding hydrogens is 260 g/mol. The average molecular weight is 288 g/mol. The maximum atomic E-state index is 11.7. The van der Waals surface area contributed by atoms with Crippen LogP contribution in [-0.2, 0) is 0 Å². The predicted molar refractivity (Wildman–Crippen MR) is 81.6 cm³/mol. The first kappa shape index (κ1) is 16.6. The molecule has 0 radical (unpaired) electrons. The van der Waals surface area contributed by atoms with Crippen LogP contribution in [0.5, 0.6) is 0 Å². The highest BCUT2D eigenvalue weighted by molar-refractivity contribution is 7.98. The number of hydrogen-bond acceptors (Lipinski definition) is 3. The molecule has 1 fully saturated rings. The van der Waals surface area contributed by atoms with Crippen molar-refractivity contribution in [2.24, 2.45) is 5.41 Å². The minimum Gasteiger partial charge on any atom is -0.392 e. The van der Waals surface area contributed by atoms with E-state index in [2.05, 4.69) is 23.8 Å². The fourth-order valence-corrected chi connectivity index (χ4v) is 3.00.